The second kappa shape index (κ2) is 5.54. The average molecular weight is 355 g/mol. The van der Waals surface area contributed by atoms with Crippen LogP contribution < -0.4 is 0 Å². The predicted octanol–water partition coefficient (Wildman–Crippen LogP) is 5.58. The van der Waals surface area contributed by atoms with E-state index >= 15 is 0 Å². The van der Waals surface area contributed by atoms with E-state index in [-0.39, 0.29) is 5.41 Å². The van der Waals surface area contributed by atoms with E-state index < -0.39 is 0 Å². The van der Waals surface area contributed by atoms with Crippen molar-refractivity contribution in [3.63, 3.8) is 0 Å². The maximum absolute atomic E-state index is 4.52. The van der Waals surface area contributed by atoms with Gasteiger partial charge in [0.05, 0.1) is 0 Å². The summed E-state index contributed by atoms with van der Waals surface area (Å²) >= 11 is 3.57. The lowest BCUT2D eigenvalue weighted by molar-refractivity contribution is 0.348. The predicted molar refractivity (Wildman–Crippen MR) is 94.1 cm³/mol. The summed E-state index contributed by atoms with van der Waals surface area (Å²) in [6.07, 6.45) is 10.4. The first kappa shape index (κ1) is 14.0. The number of aromatic nitrogens is 2. The Morgan fingerprint density at radius 2 is 1.82 bits per heavy atom. The topological polar surface area (TPSA) is 28.7 Å². The van der Waals surface area contributed by atoms with Crippen LogP contribution >= 0.6 is 15.9 Å². The lowest BCUT2D eigenvalue weighted by atomic mass is 9.65. The van der Waals surface area contributed by atoms with E-state index in [9.17, 15) is 0 Å². The summed E-state index contributed by atoms with van der Waals surface area (Å²) in [6, 6.07) is 13.2. The van der Waals surface area contributed by atoms with Crippen LogP contribution in [-0.4, -0.2) is 9.97 Å². The van der Waals surface area contributed by atoms with Crippen LogP contribution in [0.4, 0.5) is 0 Å². The Kier molecular flexibility index (Phi) is 3.53. The number of aromatic amines is 1. The molecule has 2 nitrogen and oxygen atoms in total. The number of nitrogens with zero attached hydrogens (tertiary/aromatic N) is 1. The fourth-order valence-corrected chi connectivity index (χ4v) is 4.33. The third kappa shape index (κ3) is 2.19. The lowest BCUT2D eigenvalue weighted by Crippen LogP contribution is -2.30. The highest BCUT2D eigenvalue weighted by Crippen LogP contribution is 2.47. The Labute approximate surface area is 139 Å². The summed E-state index contributed by atoms with van der Waals surface area (Å²) in [5, 5.41) is 1.25. The van der Waals surface area contributed by atoms with Gasteiger partial charge in [-0.25, -0.2) is 4.98 Å². The molecule has 3 heteroatoms. The minimum absolute atomic E-state index is 0.125. The van der Waals surface area contributed by atoms with E-state index in [1.807, 2.05) is 6.20 Å². The standard InChI is InChI=1S/C19H19BrN2/c20-15-11-16-17(13-22-18(16)21-12-15)19(9-5-2-6-10-19)14-7-3-1-4-8-14/h1,3-4,7-8,11-13H,2,5-6,9-10H2,(H,21,22). The summed E-state index contributed by atoms with van der Waals surface area (Å²) < 4.78 is 1.04. The van der Waals surface area contributed by atoms with Crippen molar-refractivity contribution in [3.05, 3.63) is 64.4 Å². The molecule has 3 aromatic rings. The molecule has 0 spiro atoms. The molecule has 4 rings (SSSR count). The largest absolute Gasteiger partial charge is 0.346 e. The van der Waals surface area contributed by atoms with Crippen LogP contribution in [-0.2, 0) is 5.41 Å². The van der Waals surface area contributed by atoms with Gasteiger partial charge in [-0.1, -0.05) is 49.6 Å². The molecule has 1 aliphatic rings. The Hall–Kier alpha value is -1.61. The van der Waals surface area contributed by atoms with Gasteiger partial charge in [-0.3, -0.25) is 0 Å². The van der Waals surface area contributed by atoms with Gasteiger partial charge in [0.25, 0.3) is 0 Å². The number of hydrogen-bond acceptors (Lipinski definition) is 1. The van der Waals surface area contributed by atoms with Crippen LogP contribution in [0.25, 0.3) is 11.0 Å². The molecule has 1 aromatic carbocycles. The molecular weight excluding hydrogens is 336 g/mol. The van der Waals surface area contributed by atoms with Crippen molar-refractivity contribution in [1.29, 1.82) is 0 Å². The van der Waals surface area contributed by atoms with Gasteiger partial charge in [-0.05, 0) is 46.0 Å². The Morgan fingerprint density at radius 1 is 1.05 bits per heavy atom. The van der Waals surface area contributed by atoms with Crippen molar-refractivity contribution in [3.8, 4) is 0 Å². The first-order valence-electron chi connectivity index (χ1n) is 7.98. The van der Waals surface area contributed by atoms with Crippen molar-refractivity contribution in [2.45, 2.75) is 37.5 Å². The summed E-state index contributed by atoms with van der Waals surface area (Å²) in [6.45, 7) is 0. The molecule has 1 saturated carbocycles. The molecule has 0 aliphatic heterocycles. The molecule has 1 fully saturated rings. The van der Waals surface area contributed by atoms with Crippen molar-refractivity contribution >= 4 is 27.0 Å². The molecule has 0 atom stereocenters. The summed E-state index contributed by atoms with van der Waals surface area (Å²) in [7, 11) is 0. The molecule has 1 N–H and O–H groups in total. The zero-order valence-electron chi connectivity index (χ0n) is 12.5. The molecule has 1 aliphatic carbocycles. The molecule has 0 unspecified atom stereocenters. The molecule has 0 radical (unpaired) electrons. The molecule has 2 heterocycles. The fraction of sp³-hybridized carbons (Fsp3) is 0.316. The Bertz CT molecular complexity index is 786. The van der Waals surface area contributed by atoms with Crippen molar-refractivity contribution in [2.24, 2.45) is 0 Å². The smallest absolute Gasteiger partial charge is 0.137 e. The number of halogens is 1. The van der Waals surface area contributed by atoms with Gasteiger partial charge in [0.1, 0.15) is 5.65 Å². The van der Waals surface area contributed by atoms with E-state index in [4.69, 9.17) is 0 Å². The SMILES string of the molecule is Brc1cnc2[nH]cc(C3(c4ccccc4)CCCCC3)c2c1. The van der Waals surface area contributed by atoms with Crippen LogP contribution in [0.5, 0.6) is 0 Å². The highest BCUT2D eigenvalue weighted by atomic mass is 79.9. The van der Waals surface area contributed by atoms with Gasteiger partial charge in [-0.15, -0.1) is 0 Å². The van der Waals surface area contributed by atoms with E-state index in [2.05, 4.69) is 68.5 Å². The number of hydrogen-bond donors (Lipinski definition) is 1. The van der Waals surface area contributed by atoms with Crippen LogP contribution in [0.2, 0.25) is 0 Å². The van der Waals surface area contributed by atoms with Gasteiger partial charge in [0.2, 0.25) is 0 Å². The zero-order valence-corrected chi connectivity index (χ0v) is 14.1. The maximum Gasteiger partial charge on any atom is 0.137 e. The minimum atomic E-state index is 0.125. The highest BCUT2D eigenvalue weighted by molar-refractivity contribution is 9.10. The van der Waals surface area contributed by atoms with Gasteiger partial charge >= 0.3 is 0 Å². The molecular formula is C19H19BrN2. The van der Waals surface area contributed by atoms with Crippen molar-refractivity contribution in [1.82, 2.24) is 9.97 Å². The summed E-state index contributed by atoms with van der Waals surface area (Å²) in [5.74, 6) is 0. The normalized spacial score (nSPS) is 17.7. The quantitative estimate of drug-likeness (QED) is 0.639. The van der Waals surface area contributed by atoms with Crippen molar-refractivity contribution in [2.75, 3.05) is 0 Å². The first-order valence-corrected chi connectivity index (χ1v) is 8.77. The van der Waals surface area contributed by atoms with Crippen LogP contribution in [0.1, 0.15) is 43.2 Å². The molecule has 0 amide bonds. The molecule has 22 heavy (non-hydrogen) atoms. The van der Waals surface area contributed by atoms with Gasteiger partial charge in [0, 0.05) is 27.7 Å². The molecule has 0 saturated heterocycles. The van der Waals surface area contributed by atoms with Crippen LogP contribution in [0.15, 0.2) is 53.3 Å². The molecule has 2 aromatic heterocycles. The number of pyridine rings is 1. The highest BCUT2D eigenvalue weighted by Gasteiger charge is 2.37. The van der Waals surface area contributed by atoms with Gasteiger partial charge < -0.3 is 4.98 Å². The monoisotopic (exact) mass is 354 g/mol. The van der Waals surface area contributed by atoms with E-state index in [1.54, 1.807) is 0 Å². The van der Waals surface area contributed by atoms with Crippen LogP contribution in [0, 0.1) is 0 Å². The lowest BCUT2D eigenvalue weighted by Gasteiger charge is -2.38. The summed E-state index contributed by atoms with van der Waals surface area (Å²) in [4.78, 5) is 7.89. The molecule has 112 valence electrons. The third-order valence-corrected chi connectivity index (χ3v) is 5.48. The second-order valence-corrected chi connectivity index (χ2v) is 7.18. The zero-order chi connectivity index (χ0) is 15.0. The molecule has 0 bridgehead atoms. The number of H-pyrrole nitrogens is 1. The van der Waals surface area contributed by atoms with Gasteiger partial charge in [-0.2, -0.15) is 0 Å². The van der Waals surface area contributed by atoms with Crippen LogP contribution in [0.3, 0.4) is 0 Å². The number of benzene rings is 1. The first-order chi connectivity index (χ1) is 10.8. The van der Waals surface area contributed by atoms with E-state index in [0.717, 1.165) is 10.1 Å². The fourth-order valence-electron chi connectivity index (χ4n) is 4.00. The van der Waals surface area contributed by atoms with E-state index in [1.165, 1.54) is 48.6 Å². The second-order valence-electron chi connectivity index (χ2n) is 6.26. The summed E-state index contributed by atoms with van der Waals surface area (Å²) in [5.41, 5.74) is 3.96. The Morgan fingerprint density at radius 3 is 2.59 bits per heavy atom. The van der Waals surface area contributed by atoms with Gasteiger partial charge in [0.15, 0.2) is 0 Å². The average Bonchev–Trinajstić information content (AvgIpc) is 3.00. The third-order valence-electron chi connectivity index (χ3n) is 5.05. The Balaban J connectivity index is 1.95. The maximum atomic E-state index is 4.52. The van der Waals surface area contributed by atoms with E-state index in [0.29, 0.717) is 0 Å². The minimum Gasteiger partial charge on any atom is -0.346 e. The number of fused-ring (bicyclic) bond motifs is 1. The van der Waals surface area contributed by atoms with Crippen molar-refractivity contribution < 1.29 is 0 Å². The number of nitrogens with one attached hydrogen (secondary N) is 1. The number of rotatable bonds is 2.